The number of nitrogens with zero attached hydrogens (tertiary/aromatic N) is 1. The third kappa shape index (κ3) is 2.52. The number of hydrogen-bond acceptors (Lipinski definition) is 5. The average Bonchev–Trinajstić information content (AvgIpc) is 2.44. The minimum absolute atomic E-state index is 0.217. The zero-order valence-electron chi connectivity index (χ0n) is 8.73. The molecule has 0 amide bonds. The normalized spacial score (nSPS) is 27.8. The highest BCUT2D eigenvalue weighted by Gasteiger charge is 2.36. The Morgan fingerprint density at radius 2 is 2.31 bits per heavy atom. The van der Waals surface area contributed by atoms with E-state index in [1.54, 1.807) is 0 Å². The van der Waals surface area contributed by atoms with E-state index in [0.717, 1.165) is 11.8 Å². The van der Waals surface area contributed by atoms with E-state index in [9.17, 15) is 8.42 Å². The number of sulfonamides is 1. The molecule has 0 spiro atoms. The standard InChI is InChI=1S/C8H11ClN2O2S3/c1-4(2)14-8-10-5-3-6(9)15-7(5)16(12,13)11-8/h4,6H,3H2,1-2H3,(H,10,11). The molecular formula is C8H11ClN2O2S3. The highest BCUT2D eigenvalue weighted by atomic mass is 35.5. The maximum Gasteiger partial charge on any atom is 0.292 e. The summed E-state index contributed by atoms with van der Waals surface area (Å²) in [6.07, 6.45) is 0.540. The second-order valence-corrected chi connectivity index (χ2v) is 9.02. The number of amidine groups is 1. The number of allylic oxidation sites excluding steroid dienone is 1. The van der Waals surface area contributed by atoms with Crippen LogP contribution in [0.3, 0.4) is 0 Å². The predicted octanol–water partition coefficient (Wildman–Crippen LogP) is 2.29. The topological polar surface area (TPSA) is 58.5 Å². The van der Waals surface area contributed by atoms with Crippen LogP contribution in [0.25, 0.3) is 0 Å². The first-order chi connectivity index (χ1) is 7.38. The van der Waals surface area contributed by atoms with Crippen LogP contribution < -0.4 is 5.32 Å². The summed E-state index contributed by atoms with van der Waals surface area (Å²) in [5, 5.41) is 3.77. The number of alkyl halides is 1. The van der Waals surface area contributed by atoms with E-state index in [1.165, 1.54) is 11.8 Å². The summed E-state index contributed by atoms with van der Waals surface area (Å²) in [6.45, 7) is 3.97. The molecule has 2 aliphatic heterocycles. The monoisotopic (exact) mass is 298 g/mol. The van der Waals surface area contributed by atoms with Crippen molar-refractivity contribution in [2.24, 2.45) is 4.40 Å². The minimum Gasteiger partial charge on any atom is -0.336 e. The number of hydrogen-bond donors (Lipinski definition) is 1. The van der Waals surface area contributed by atoms with Crippen molar-refractivity contribution < 1.29 is 8.42 Å². The lowest BCUT2D eigenvalue weighted by molar-refractivity contribution is 0.604. The lowest BCUT2D eigenvalue weighted by atomic mass is 10.4. The van der Waals surface area contributed by atoms with Crippen molar-refractivity contribution in [3.8, 4) is 0 Å². The number of rotatable bonds is 1. The summed E-state index contributed by atoms with van der Waals surface area (Å²) in [4.78, 5) is 0. The molecule has 8 heteroatoms. The van der Waals surface area contributed by atoms with Crippen molar-refractivity contribution >= 4 is 50.3 Å². The van der Waals surface area contributed by atoms with Crippen LogP contribution in [-0.2, 0) is 10.0 Å². The number of halogens is 1. The molecule has 0 saturated heterocycles. The van der Waals surface area contributed by atoms with Gasteiger partial charge < -0.3 is 5.32 Å². The van der Waals surface area contributed by atoms with Crippen LogP contribution in [0.2, 0.25) is 0 Å². The molecule has 0 aliphatic carbocycles. The molecule has 16 heavy (non-hydrogen) atoms. The Labute approximate surface area is 108 Å². The number of thioether (sulfide) groups is 2. The first-order valence-corrected chi connectivity index (χ1v) is 8.34. The molecule has 0 radical (unpaired) electrons. The van der Waals surface area contributed by atoms with Gasteiger partial charge in [-0.2, -0.15) is 8.42 Å². The molecule has 2 heterocycles. The first-order valence-electron chi connectivity index (χ1n) is 4.71. The molecule has 2 aliphatic rings. The zero-order chi connectivity index (χ0) is 11.9. The van der Waals surface area contributed by atoms with Crippen molar-refractivity contribution in [2.75, 3.05) is 0 Å². The quantitative estimate of drug-likeness (QED) is 0.753. The van der Waals surface area contributed by atoms with Gasteiger partial charge in [0.2, 0.25) is 0 Å². The Balaban J connectivity index is 2.27. The van der Waals surface area contributed by atoms with Crippen LogP contribution in [0.15, 0.2) is 14.3 Å². The second-order valence-electron chi connectivity index (χ2n) is 3.66. The molecule has 4 nitrogen and oxygen atoms in total. The predicted molar refractivity (Wildman–Crippen MR) is 71.1 cm³/mol. The van der Waals surface area contributed by atoms with Gasteiger partial charge in [0.25, 0.3) is 10.0 Å². The molecule has 0 fully saturated rings. The van der Waals surface area contributed by atoms with Gasteiger partial charge in [-0.3, -0.25) is 0 Å². The van der Waals surface area contributed by atoms with Gasteiger partial charge in [-0.25, -0.2) is 0 Å². The smallest absolute Gasteiger partial charge is 0.292 e. The van der Waals surface area contributed by atoms with Crippen LogP contribution in [0.1, 0.15) is 20.3 Å². The van der Waals surface area contributed by atoms with Crippen molar-refractivity contribution in [1.29, 1.82) is 0 Å². The van der Waals surface area contributed by atoms with E-state index >= 15 is 0 Å². The van der Waals surface area contributed by atoms with E-state index in [1.807, 2.05) is 13.8 Å². The van der Waals surface area contributed by atoms with Gasteiger partial charge in [-0.15, -0.1) is 16.0 Å². The van der Waals surface area contributed by atoms with Crippen LogP contribution >= 0.6 is 35.1 Å². The second kappa shape index (κ2) is 4.44. The van der Waals surface area contributed by atoms with E-state index in [4.69, 9.17) is 11.6 Å². The number of nitrogens with one attached hydrogen (secondary N) is 1. The summed E-state index contributed by atoms with van der Waals surface area (Å²) < 4.78 is 27.4. The molecule has 0 aromatic heterocycles. The Hall–Kier alpha value is 0.150. The molecular weight excluding hydrogens is 288 g/mol. The largest absolute Gasteiger partial charge is 0.336 e. The third-order valence-electron chi connectivity index (χ3n) is 1.89. The zero-order valence-corrected chi connectivity index (χ0v) is 11.9. The molecule has 2 rings (SSSR count). The lowest BCUT2D eigenvalue weighted by Gasteiger charge is -2.16. The molecule has 0 aromatic rings. The Bertz CT molecular complexity index is 470. The highest BCUT2D eigenvalue weighted by Crippen LogP contribution is 2.44. The summed E-state index contributed by atoms with van der Waals surface area (Å²) in [5.74, 6) is 0. The fourth-order valence-corrected chi connectivity index (χ4v) is 5.54. The summed E-state index contributed by atoms with van der Waals surface area (Å²) >= 11 is 8.48. The average molecular weight is 299 g/mol. The molecule has 0 saturated carbocycles. The Morgan fingerprint density at radius 3 is 2.94 bits per heavy atom. The van der Waals surface area contributed by atoms with Gasteiger partial charge >= 0.3 is 0 Å². The Kier molecular flexibility index (Phi) is 3.49. The van der Waals surface area contributed by atoms with Crippen LogP contribution in [-0.4, -0.2) is 23.5 Å². The van der Waals surface area contributed by atoms with Gasteiger partial charge in [-0.1, -0.05) is 37.4 Å². The molecule has 1 unspecified atom stereocenters. The van der Waals surface area contributed by atoms with Crippen molar-refractivity contribution in [2.45, 2.75) is 30.2 Å². The first kappa shape index (κ1) is 12.6. The van der Waals surface area contributed by atoms with E-state index in [2.05, 4.69) is 9.71 Å². The third-order valence-corrected chi connectivity index (χ3v) is 6.25. The van der Waals surface area contributed by atoms with E-state index < -0.39 is 10.0 Å². The minimum atomic E-state index is -3.53. The molecule has 1 atom stereocenters. The van der Waals surface area contributed by atoms with Gasteiger partial charge in [0.05, 0.1) is 4.71 Å². The summed E-state index contributed by atoms with van der Waals surface area (Å²) in [7, 11) is -3.53. The van der Waals surface area contributed by atoms with Gasteiger partial charge in [-0.05, 0) is 0 Å². The molecule has 0 bridgehead atoms. The lowest BCUT2D eigenvalue weighted by Crippen LogP contribution is -2.27. The van der Waals surface area contributed by atoms with Crippen molar-refractivity contribution in [3.63, 3.8) is 0 Å². The van der Waals surface area contributed by atoms with Gasteiger partial charge in [0, 0.05) is 17.4 Å². The highest BCUT2D eigenvalue weighted by molar-refractivity contribution is 8.20. The van der Waals surface area contributed by atoms with E-state index in [0.29, 0.717) is 17.3 Å². The SMILES string of the molecule is CC(C)SC1=NS(=O)(=O)C2=C(CC(Cl)S2)N1. The van der Waals surface area contributed by atoms with Crippen LogP contribution in [0.5, 0.6) is 0 Å². The van der Waals surface area contributed by atoms with Crippen LogP contribution in [0, 0.1) is 0 Å². The fourth-order valence-electron chi connectivity index (χ4n) is 1.37. The van der Waals surface area contributed by atoms with Gasteiger partial charge in [0.1, 0.15) is 4.24 Å². The van der Waals surface area contributed by atoms with Crippen molar-refractivity contribution in [1.82, 2.24) is 5.32 Å². The molecule has 0 aromatic carbocycles. The molecule has 90 valence electrons. The maximum absolute atomic E-state index is 11.8. The van der Waals surface area contributed by atoms with Crippen LogP contribution in [0.4, 0.5) is 0 Å². The Morgan fingerprint density at radius 1 is 1.62 bits per heavy atom. The van der Waals surface area contributed by atoms with E-state index in [-0.39, 0.29) is 14.2 Å². The fraction of sp³-hybridized carbons (Fsp3) is 0.625. The molecule has 1 N–H and O–H groups in total. The maximum atomic E-state index is 11.8. The summed E-state index contributed by atoms with van der Waals surface area (Å²) in [6, 6.07) is 0. The van der Waals surface area contributed by atoms with Gasteiger partial charge in [0.15, 0.2) is 5.17 Å². The summed E-state index contributed by atoms with van der Waals surface area (Å²) in [5.41, 5.74) is 0.683. The van der Waals surface area contributed by atoms with Crippen molar-refractivity contribution in [3.05, 3.63) is 9.93 Å².